The van der Waals surface area contributed by atoms with Gasteiger partial charge in [-0.1, -0.05) is 36.2 Å². The van der Waals surface area contributed by atoms with E-state index in [2.05, 4.69) is 10.6 Å². The number of ether oxygens (including phenoxy) is 3. The van der Waals surface area contributed by atoms with Gasteiger partial charge in [-0.2, -0.15) is 0 Å². The van der Waals surface area contributed by atoms with Crippen LogP contribution in [0.1, 0.15) is 53.4 Å². The number of hydrogen-bond donors (Lipinski definition) is 2. The fourth-order valence-electron chi connectivity index (χ4n) is 5.25. The molecule has 1 saturated carbocycles. The van der Waals surface area contributed by atoms with Crippen molar-refractivity contribution in [3.05, 3.63) is 54.6 Å². The number of fused-ring (bicyclic) bond motifs is 1. The highest BCUT2D eigenvalue weighted by Gasteiger charge is 2.47. The molecular formula is C30H36Cl2F2N4O5. The Bertz CT molecular complexity index is 1620. The molecule has 2 heterocycles. The number of rotatable bonds is 7. The number of nitrogens with one attached hydrogen (secondary N) is 2. The van der Waals surface area contributed by atoms with E-state index >= 15 is 0 Å². The Morgan fingerprint density at radius 1 is 1.12 bits per heavy atom. The first-order valence-corrected chi connectivity index (χ1v) is 14.6. The Kier molecular flexibility index (Phi) is 9.37. The van der Waals surface area contributed by atoms with Crippen LogP contribution in [0.3, 0.4) is 0 Å². The number of benzene rings is 1. The van der Waals surface area contributed by atoms with Crippen LogP contribution < -0.4 is 36.4 Å². The fraction of sp³-hybridized carbons (Fsp3) is 0.500. The maximum absolute atomic E-state index is 14.6. The summed E-state index contributed by atoms with van der Waals surface area (Å²) in [6, 6.07) is 1.45. The summed E-state index contributed by atoms with van der Waals surface area (Å²) in [5.74, 6) is -2.06. The molecule has 43 heavy (non-hydrogen) atoms. The number of carbonyl (C=O) groups excluding carboxylic acids is 1. The van der Waals surface area contributed by atoms with E-state index in [9.17, 15) is 18.4 Å². The molecule has 9 nitrogen and oxygen atoms in total. The topological polar surface area (TPSA) is 103 Å². The smallest absolute Gasteiger partial charge is 0.407 e. The summed E-state index contributed by atoms with van der Waals surface area (Å²) in [5, 5.41) is 6.68. The minimum absolute atomic E-state index is 0.149. The summed E-state index contributed by atoms with van der Waals surface area (Å²) in [5.41, 5.74) is 0.416. The number of hydrogen-bond acceptors (Lipinski definition) is 7. The molecule has 13 heteroatoms. The molecular weight excluding hydrogens is 605 g/mol. The lowest BCUT2D eigenvalue weighted by molar-refractivity contribution is 0.00476. The van der Waals surface area contributed by atoms with Gasteiger partial charge in [0.2, 0.25) is 0 Å². The molecule has 1 aliphatic carbocycles. The molecule has 2 unspecified atom stereocenters. The summed E-state index contributed by atoms with van der Waals surface area (Å²) in [6.45, 7) is 7.03. The lowest BCUT2D eigenvalue weighted by Gasteiger charge is -2.26. The number of alkyl carbamates (subject to hydrolysis) is 1. The summed E-state index contributed by atoms with van der Waals surface area (Å²) >= 11 is 13.2. The summed E-state index contributed by atoms with van der Waals surface area (Å²) in [4.78, 5) is 30.9. The van der Waals surface area contributed by atoms with Crippen molar-refractivity contribution in [1.82, 2.24) is 15.2 Å². The molecule has 0 bridgehead atoms. The molecule has 2 aromatic rings. The van der Waals surface area contributed by atoms with E-state index in [4.69, 9.17) is 42.4 Å². The van der Waals surface area contributed by atoms with Gasteiger partial charge < -0.3 is 24.8 Å². The van der Waals surface area contributed by atoms with E-state index in [0.717, 1.165) is 5.57 Å². The average molecular weight is 642 g/mol. The van der Waals surface area contributed by atoms with Crippen molar-refractivity contribution in [3.8, 4) is 22.6 Å². The van der Waals surface area contributed by atoms with Gasteiger partial charge in [0.25, 0.3) is 11.5 Å². The second-order valence-electron chi connectivity index (χ2n) is 11.6. The van der Waals surface area contributed by atoms with Gasteiger partial charge in [0.1, 0.15) is 28.4 Å². The van der Waals surface area contributed by atoms with Crippen molar-refractivity contribution < 1.29 is 27.8 Å². The molecule has 1 aliphatic heterocycles. The number of alkyl halides is 2. The van der Waals surface area contributed by atoms with Gasteiger partial charge in [0.15, 0.2) is 0 Å². The van der Waals surface area contributed by atoms with Crippen LogP contribution >= 0.6 is 23.2 Å². The maximum Gasteiger partial charge on any atom is 0.407 e. The molecule has 1 fully saturated rings. The third kappa shape index (κ3) is 6.93. The predicted octanol–water partition coefficient (Wildman–Crippen LogP) is 5.08. The highest BCUT2D eigenvalue weighted by atomic mass is 35.5. The highest BCUT2D eigenvalue weighted by Crippen LogP contribution is 2.44. The van der Waals surface area contributed by atoms with E-state index < -0.39 is 48.1 Å². The Morgan fingerprint density at radius 3 is 2.28 bits per heavy atom. The van der Waals surface area contributed by atoms with Crippen LogP contribution in [0.4, 0.5) is 13.6 Å². The van der Waals surface area contributed by atoms with Crippen LogP contribution in [0, 0.1) is 0 Å². The molecule has 0 spiro atoms. The quantitative estimate of drug-likeness (QED) is 0.437. The van der Waals surface area contributed by atoms with Gasteiger partial charge in [-0.15, -0.1) is 0 Å². The number of methoxy groups -OCH3 is 2. The van der Waals surface area contributed by atoms with Crippen LogP contribution in [0.2, 0.25) is 10.0 Å². The average Bonchev–Trinajstić information content (AvgIpc) is 3.07. The maximum atomic E-state index is 14.6. The third-order valence-corrected chi connectivity index (χ3v) is 8.10. The lowest BCUT2D eigenvalue weighted by atomic mass is 10.0. The van der Waals surface area contributed by atoms with Crippen molar-refractivity contribution in [2.75, 3.05) is 14.2 Å². The molecule has 4 rings (SSSR count). The molecule has 2 N–H and O–H groups in total. The molecule has 1 aromatic carbocycles. The zero-order chi connectivity index (χ0) is 31.9. The minimum atomic E-state index is -3.00. The van der Waals surface area contributed by atoms with Gasteiger partial charge in [-0.25, -0.2) is 18.6 Å². The molecule has 234 valence electrons. The van der Waals surface area contributed by atoms with E-state index in [1.807, 2.05) is 13.0 Å². The number of nitrogens with zero attached hydrogens (tertiary/aromatic N) is 2. The van der Waals surface area contributed by atoms with E-state index in [0.29, 0.717) is 29.4 Å². The fourth-order valence-corrected chi connectivity index (χ4v) is 5.96. The lowest BCUT2D eigenvalue weighted by Crippen LogP contribution is -2.48. The summed E-state index contributed by atoms with van der Waals surface area (Å²) < 4.78 is 46.6. The monoisotopic (exact) mass is 640 g/mol. The molecule has 2 aliphatic rings. The zero-order valence-electron chi connectivity index (χ0n) is 25.2. The number of aromatic nitrogens is 1. The minimum Gasteiger partial charge on any atom is -0.495 e. The standard InChI is InChI=1S/C30H36Cl2F2N4O5/c1-8-15-9-10-16-11-17(22-23(31)20(41-6)12-21(42-7)24(22)32)27(39)38(5)26(16)37-25(15)35-18-13-30(33,34)14-19(18)36-28(40)43-29(2,3)4/h10-12,18-19,35H,8-9,13-14H2,1-7H3,(H,36,40). The Labute approximate surface area is 258 Å². The van der Waals surface area contributed by atoms with Crippen molar-refractivity contribution >= 4 is 35.4 Å². The third-order valence-electron chi connectivity index (χ3n) is 7.35. The van der Waals surface area contributed by atoms with E-state index in [-0.39, 0.29) is 32.7 Å². The second kappa shape index (κ2) is 12.4. The number of halogens is 4. The first kappa shape index (κ1) is 32.6. The van der Waals surface area contributed by atoms with Crippen LogP contribution in [-0.2, 0) is 11.8 Å². The van der Waals surface area contributed by atoms with Gasteiger partial charge in [0, 0.05) is 36.7 Å². The Morgan fingerprint density at radius 2 is 1.72 bits per heavy atom. The van der Waals surface area contributed by atoms with Crippen molar-refractivity contribution in [3.63, 3.8) is 0 Å². The van der Waals surface area contributed by atoms with Crippen LogP contribution in [0.15, 0.2) is 33.3 Å². The van der Waals surface area contributed by atoms with Crippen molar-refractivity contribution in [2.45, 2.75) is 77.0 Å². The van der Waals surface area contributed by atoms with Crippen molar-refractivity contribution in [1.29, 1.82) is 0 Å². The van der Waals surface area contributed by atoms with Gasteiger partial charge >= 0.3 is 6.09 Å². The van der Waals surface area contributed by atoms with E-state index in [1.54, 1.807) is 33.9 Å². The first-order valence-electron chi connectivity index (χ1n) is 13.8. The number of pyridine rings is 1. The molecule has 2 atom stereocenters. The van der Waals surface area contributed by atoms with Crippen LogP contribution in [0.25, 0.3) is 17.2 Å². The van der Waals surface area contributed by atoms with Gasteiger partial charge in [-0.3, -0.25) is 9.36 Å². The van der Waals surface area contributed by atoms with Crippen LogP contribution in [0.5, 0.6) is 11.5 Å². The van der Waals surface area contributed by atoms with Crippen molar-refractivity contribution in [2.24, 2.45) is 12.0 Å². The Hall–Kier alpha value is -3.31. The summed E-state index contributed by atoms with van der Waals surface area (Å²) in [6.07, 6.45) is 1.08. The highest BCUT2D eigenvalue weighted by molar-refractivity contribution is 6.41. The SMILES string of the molecule is CCC1=C(NC2CC(F)(F)CC2NC(=O)OC(C)(C)C)N=c2c(cc(-c3c(Cl)c(OC)cc(OC)c3Cl)c(=O)n2C)=CC1. The molecule has 1 amide bonds. The predicted molar refractivity (Wildman–Crippen MR) is 162 cm³/mol. The largest absolute Gasteiger partial charge is 0.495 e. The molecule has 1 aromatic heterocycles. The number of amides is 1. The first-order chi connectivity index (χ1) is 20.1. The normalized spacial score (nSPS) is 19.5. The van der Waals surface area contributed by atoms with E-state index in [1.165, 1.54) is 24.9 Å². The number of carbonyl (C=O) groups is 1. The molecule has 0 saturated heterocycles. The second-order valence-corrected chi connectivity index (χ2v) is 12.3. The van der Waals surface area contributed by atoms with Crippen LogP contribution in [-0.4, -0.2) is 48.5 Å². The Balaban J connectivity index is 1.78. The number of allylic oxidation sites excluding steroid dienone is 1. The molecule has 0 radical (unpaired) electrons. The summed E-state index contributed by atoms with van der Waals surface area (Å²) in [7, 11) is 4.45. The zero-order valence-corrected chi connectivity index (χ0v) is 26.7. The van der Waals surface area contributed by atoms with Gasteiger partial charge in [0.05, 0.1) is 41.9 Å². The van der Waals surface area contributed by atoms with Gasteiger partial charge in [-0.05, 0) is 45.3 Å².